The minimum Gasteiger partial charge on any atom is -0.380 e. The highest BCUT2D eigenvalue weighted by atomic mass is 16.5. The van der Waals surface area contributed by atoms with Crippen molar-refractivity contribution < 1.29 is 4.74 Å². The number of hydrogen-bond donors (Lipinski definition) is 1. The van der Waals surface area contributed by atoms with Gasteiger partial charge in [0.15, 0.2) is 0 Å². The normalized spacial score (nSPS) is 22.3. The molecule has 0 spiro atoms. The Labute approximate surface area is 92.8 Å². The topological polar surface area (TPSA) is 45.0 Å². The Kier molecular flexibility index (Phi) is 5.07. The maximum Gasteiger partial charge on any atom is 0.0684 e. The molecule has 86 valence electrons. The zero-order valence-corrected chi connectivity index (χ0v) is 9.88. The van der Waals surface area contributed by atoms with Gasteiger partial charge in [0.05, 0.1) is 18.1 Å². The van der Waals surface area contributed by atoms with Crippen molar-refractivity contribution in [2.24, 2.45) is 5.41 Å². The Bertz CT molecular complexity index is 214. The summed E-state index contributed by atoms with van der Waals surface area (Å²) < 4.78 is 5.60. The van der Waals surface area contributed by atoms with Crippen molar-refractivity contribution in [3.05, 3.63) is 0 Å². The van der Waals surface area contributed by atoms with Gasteiger partial charge in [0.2, 0.25) is 0 Å². The number of piperidine rings is 1. The summed E-state index contributed by atoms with van der Waals surface area (Å²) in [6, 6.07) is 2.82. The second-order valence-corrected chi connectivity index (χ2v) is 4.97. The van der Waals surface area contributed by atoms with E-state index in [1.165, 1.54) is 19.3 Å². The molecule has 0 saturated carbocycles. The molecule has 1 atom stereocenters. The molecule has 0 radical (unpaired) electrons. The van der Waals surface area contributed by atoms with Crippen molar-refractivity contribution in [1.29, 1.82) is 5.26 Å². The van der Waals surface area contributed by atoms with Gasteiger partial charge in [-0.3, -0.25) is 0 Å². The third kappa shape index (κ3) is 5.15. The van der Waals surface area contributed by atoms with Crippen LogP contribution in [-0.4, -0.2) is 25.8 Å². The maximum atomic E-state index is 8.82. The van der Waals surface area contributed by atoms with E-state index < -0.39 is 0 Å². The molecule has 3 heteroatoms. The molecular formula is C12H22N2O. The second-order valence-electron chi connectivity index (χ2n) is 4.97. The van der Waals surface area contributed by atoms with Gasteiger partial charge in [0.1, 0.15) is 0 Å². The van der Waals surface area contributed by atoms with Gasteiger partial charge in [-0.25, -0.2) is 0 Å². The summed E-state index contributed by atoms with van der Waals surface area (Å²) in [5, 5.41) is 12.3. The predicted octanol–water partition coefficient (Wildman–Crippen LogP) is 2.08. The highest BCUT2D eigenvalue weighted by Gasteiger charge is 2.17. The molecule has 0 aromatic carbocycles. The third-order valence-corrected chi connectivity index (χ3v) is 2.91. The van der Waals surface area contributed by atoms with Crippen molar-refractivity contribution in [3.8, 4) is 6.07 Å². The quantitative estimate of drug-likeness (QED) is 0.707. The average molecular weight is 210 g/mol. The van der Waals surface area contributed by atoms with E-state index in [1.807, 2.05) is 13.8 Å². The van der Waals surface area contributed by atoms with Crippen LogP contribution in [0.1, 0.15) is 39.5 Å². The number of hydrogen-bond acceptors (Lipinski definition) is 3. The molecule has 15 heavy (non-hydrogen) atoms. The third-order valence-electron chi connectivity index (χ3n) is 2.91. The summed E-state index contributed by atoms with van der Waals surface area (Å²) in [6.07, 6.45) is 4.64. The molecule has 1 unspecified atom stereocenters. The van der Waals surface area contributed by atoms with E-state index in [0.717, 1.165) is 19.6 Å². The molecule has 1 saturated heterocycles. The number of nitrogens with one attached hydrogen (secondary N) is 1. The summed E-state index contributed by atoms with van der Waals surface area (Å²) in [5.41, 5.74) is -0.250. The van der Waals surface area contributed by atoms with Gasteiger partial charge in [0, 0.05) is 12.6 Å². The van der Waals surface area contributed by atoms with E-state index in [0.29, 0.717) is 12.6 Å². The van der Waals surface area contributed by atoms with Crippen molar-refractivity contribution in [1.82, 2.24) is 5.32 Å². The Morgan fingerprint density at radius 2 is 2.27 bits per heavy atom. The van der Waals surface area contributed by atoms with Crippen molar-refractivity contribution in [2.75, 3.05) is 19.8 Å². The Hall–Kier alpha value is -0.590. The number of nitrogens with zero attached hydrogens (tertiary/aromatic N) is 1. The van der Waals surface area contributed by atoms with Crippen LogP contribution < -0.4 is 5.32 Å². The number of rotatable bonds is 5. The predicted molar refractivity (Wildman–Crippen MR) is 60.5 cm³/mol. The monoisotopic (exact) mass is 210 g/mol. The number of nitriles is 1. The first kappa shape index (κ1) is 12.5. The molecule has 0 aromatic heterocycles. The standard InChI is InChI=1S/C12H22N2O/c1-12(2,10-13)6-8-15-9-11-5-3-4-7-14-11/h11,14H,3-9H2,1-2H3. The summed E-state index contributed by atoms with van der Waals surface area (Å²) >= 11 is 0. The van der Waals surface area contributed by atoms with Gasteiger partial charge in [0.25, 0.3) is 0 Å². The van der Waals surface area contributed by atoms with Gasteiger partial charge < -0.3 is 10.1 Å². The molecule has 1 aliphatic heterocycles. The van der Waals surface area contributed by atoms with Gasteiger partial charge in [-0.05, 0) is 39.7 Å². The van der Waals surface area contributed by atoms with Crippen LogP contribution in [0.3, 0.4) is 0 Å². The molecule has 0 bridgehead atoms. The summed E-state index contributed by atoms with van der Waals surface area (Å²) in [4.78, 5) is 0. The molecule has 1 aliphatic rings. The zero-order chi connectivity index (χ0) is 11.1. The van der Waals surface area contributed by atoms with Gasteiger partial charge in [-0.2, -0.15) is 5.26 Å². The molecule has 0 aliphatic carbocycles. The Morgan fingerprint density at radius 3 is 2.87 bits per heavy atom. The van der Waals surface area contributed by atoms with Gasteiger partial charge >= 0.3 is 0 Å². The van der Waals surface area contributed by atoms with Crippen LogP contribution in [0.4, 0.5) is 0 Å². The summed E-state index contributed by atoms with van der Waals surface area (Å²) in [7, 11) is 0. The largest absolute Gasteiger partial charge is 0.380 e. The van der Waals surface area contributed by atoms with Gasteiger partial charge in [-0.15, -0.1) is 0 Å². The Morgan fingerprint density at radius 1 is 1.47 bits per heavy atom. The number of ether oxygens (including phenoxy) is 1. The van der Waals surface area contributed by atoms with Crippen LogP contribution in [0.5, 0.6) is 0 Å². The fourth-order valence-electron chi connectivity index (χ4n) is 1.68. The van der Waals surface area contributed by atoms with E-state index in [4.69, 9.17) is 10.00 Å². The van der Waals surface area contributed by atoms with Crippen LogP contribution in [0.2, 0.25) is 0 Å². The molecule has 1 heterocycles. The molecule has 1 N–H and O–H groups in total. The first-order valence-electron chi connectivity index (χ1n) is 5.86. The van der Waals surface area contributed by atoms with Crippen LogP contribution in [0.15, 0.2) is 0 Å². The lowest BCUT2D eigenvalue weighted by molar-refractivity contribution is 0.0884. The van der Waals surface area contributed by atoms with Gasteiger partial charge in [-0.1, -0.05) is 6.42 Å². The molecule has 0 amide bonds. The lowest BCUT2D eigenvalue weighted by Crippen LogP contribution is -2.37. The zero-order valence-electron chi connectivity index (χ0n) is 9.88. The molecule has 1 rings (SSSR count). The lowest BCUT2D eigenvalue weighted by atomic mass is 9.92. The fourth-order valence-corrected chi connectivity index (χ4v) is 1.68. The molecule has 1 fully saturated rings. The SMILES string of the molecule is CC(C)(C#N)CCOCC1CCCCN1. The van der Waals surface area contributed by atoms with Crippen molar-refractivity contribution in [3.63, 3.8) is 0 Å². The minimum absolute atomic E-state index is 0.250. The van der Waals surface area contributed by atoms with Crippen molar-refractivity contribution in [2.45, 2.75) is 45.6 Å². The van der Waals surface area contributed by atoms with Crippen LogP contribution in [0, 0.1) is 16.7 Å². The van der Waals surface area contributed by atoms with Crippen LogP contribution in [0.25, 0.3) is 0 Å². The fraction of sp³-hybridized carbons (Fsp3) is 0.917. The summed E-state index contributed by atoms with van der Waals surface area (Å²) in [5.74, 6) is 0. The van der Waals surface area contributed by atoms with E-state index in [2.05, 4.69) is 11.4 Å². The highest BCUT2D eigenvalue weighted by Crippen LogP contribution is 2.18. The van der Waals surface area contributed by atoms with E-state index in [1.54, 1.807) is 0 Å². The molecule has 3 nitrogen and oxygen atoms in total. The minimum atomic E-state index is -0.250. The second kappa shape index (κ2) is 6.09. The van der Waals surface area contributed by atoms with E-state index in [-0.39, 0.29) is 5.41 Å². The van der Waals surface area contributed by atoms with E-state index in [9.17, 15) is 0 Å². The first-order valence-corrected chi connectivity index (χ1v) is 5.86. The average Bonchev–Trinajstić information content (AvgIpc) is 2.26. The first-order chi connectivity index (χ1) is 7.14. The van der Waals surface area contributed by atoms with Crippen molar-refractivity contribution >= 4 is 0 Å². The van der Waals surface area contributed by atoms with Crippen LogP contribution in [-0.2, 0) is 4.74 Å². The smallest absolute Gasteiger partial charge is 0.0684 e. The van der Waals surface area contributed by atoms with Crippen LogP contribution >= 0.6 is 0 Å². The molecule has 0 aromatic rings. The highest BCUT2D eigenvalue weighted by molar-refractivity contribution is 4.91. The summed E-state index contributed by atoms with van der Waals surface area (Å²) in [6.45, 7) is 6.52. The lowest BCUT2D eigenvalue weighted by Gasteiger charge is -2.23. The Balaban J connectivity index is 2.04. The maximum absolute atomic E-state index is 8.82. The van der Waals surface area contributed by atoms with E-state index >= 15 is 0 Å². The molecular weight excluding hydrogens is 188 g/mol.